The van der Waals surface area contributed by atoms with E-state index < -0.39 is 0 Å². The third-order valence-corrected chi connectivity index (χ3v) is 9.26. The quantitative estimate of drug-likeness (QED) is 0.174. The molecule has 0 aliphatic carbocycles. The number of hydrogen-bond donors (Lipinski definition) is 0. The van der Waals surface area contributed by atoms with Crippen LogP contribution in [-0.4, -0.2) is 0 Å². The van der Waals surface area contributed by atoms with Crippen LogP contribution in [0.3, 0.4) is 0 Å². The molecule has 9 rings (SSSR count). The highest BCUT2D eigenvalue weighted by molar-refractivity contribution is 6.13. The Hall–Kier alpha value is -6.38. The fourth-order valence-corrected chi connectivity index (χ4v) is 7.01. The van der Waals surface area contributed by atoms with E-state index in [-0.39, 0.29) is 0 Å². The van der Waals surface area contributed by atoms with Gasteiger partial charge >= 0.3 is 0 Å². The van der Waals surface area contributed by atoms with Crippen molar-refractivity contribution >= 4 is 49.6 Å². The molecular weight excluding hydrogens is 583 g/mol. The molecule has 1 aromatic heterocycles. The van der Waals surface area contributed by atoms with E-state index in [1.807, 2.05) is 12.1 Å². The van der Waals surface area contributed by atoms with E-state index >= 15 is 0 Å². The summed E-state index contributed by atoms with van der Waals surface area (Å²) in [7, 11) is 0. The Morgan fingerprint density at radius 2 is 0.875 bits per heavy atom. The van der Waals surface area contributed by atoms with Crippen LogP contribution >= 0.6 is 0 Å². The summed E-state index contributed by atoms with van der Waals surface area (Å²) in [5.74, 6) is 0.882. The summed E-state index contributed by atoms with van der Waals surface area (Å²) in [5.41, 5.74) is 9.91. The fraction of sp³-hybridized carbons (Fsp3) is 0. The molecule has 2 heteroatoms. The summed E-state index contributed by atoms with van der Waals surface area (Å²) in [5, 5.41) is 6.19. The first-order valence-corrected chi connectivity index (χ1v) is 16.4. The van der Waals surface area contributed by atoms with E-state index in [0.29, 0.717) is 0 Å². The molecule has 0 spiro atoms. The van der Waals surface area contributed by atoms with Crippen molar-refractivity contribution < 1.29 is 4.42 Å². The minimum atomic E-state index is 0.882. The maximum Gasteiger partial charge on any atom is 0.143 e. The number of rotatable bonds is 6. The van der Waals surface area contributed by atoms with Crippen molar-refractivity contribution in [2.45, 2.75) is 0 Å². The lowest BCUT2D eigenvalue weighted by Crippen LogP contribution is -2.09. The van der Waals surface area contributed by atoms with Gasteiger partial charge in [0.1, 0.15) is 11.3 Å². The molecule has 0 saturated heterocycles. The zero-order valence-corrected chi connectivity index (χ0v) is 26.3. The van der Waals surface area contributed by atoms with Crippen LogP contribution in [0, 0.1) is 0 Å². The van der Waals surface area contributed by atoms with E-state index in [4.69, 9.17) is 4.42 Å². The van der Waals surface area contributed by atoms with Crippen molar-refractivity contribution in [2.24, 2.45) is 0 Å². The Morgan fingerprint density at radius 3 is 1.58 bits per heavy atom. The molecule has 0 fully saturated rings. The highest BCUT2D eigenvalue weighted by atomic mass is 16.3. The Bertz CT molecular complexity index is 2530. The van der Waals surface area contributed by atoms with Gasteiger partial charge in [0.15, 0.2) is 0 Å². The first-order valence-electron chi connectivity index (χ1n) is 16.4. The van der Waals surface area contributed by atoms with Crippen molar-refractivity contribution in [3.05, 3.63) is 188 Å². The molecule has 226 valence electrons. The third-order valence-electron chi connectivity index (χ3n) is 9.26. The van der Waals surface area contributed by atoms with Gasteiger partial charge in [0.2, 0.25) is 0 Å². The van der Waals surface area contributed by atoms with Crippen LogP contribution in [0.2, 0.25) is 0 Å². The Kier molecular flexibility index (Phi) is 6.84. The Balaban J connectivity index is 1.12. The van der Waals surface area contributed by atoms with Gasteiger partial charge in [-0.1, -0.05) is 127 Å². The number of furan rings is 1. The number of hydrogen-bond acceptors (Lipinski definition) is 2. The monoisotopic (exact) mass is 613 g/mol. The van der Waals surface area contributed by atoms with Gasteiger partial charge in [-0.3, -0.25) is 0 Å². The lowest BCUT2D eigenvalue weighted by Gasteiger charge is -2.26. The summed E-state index contributed by atoms with van der Waals surface area (Å²) >= 11 is 0. The highest BCUT2D eigenvalue weighted by Crippen LogP contribution is 2.43. The zero-order chi connectivity index (χ0) is 31.9. The molecule has 2 nitrogen and oxygen atoms in total. The molecular formula is C46H31NO. The second-order valence-corrected chi connectivity index (χ2v) is 12.1. The molecule has 0 amide bonds. The first kappa shape index (κ1) is 27.9. The van der Waals surface area contributed by atoms with E-state index in [2.05, 4.69) is 181 Å². The van der Waals surface area contributed by atoms with Crippen LogP contribution in [0.25, 0.3) is 66.1 Å². The van der Waals surface area contributed by atoms with Gasteiger partial charge in [0.05, 0.1) is 0 Å². The van der Waals surface area contributed by atoms with Crippen molar-refractivity contribution in [2.75, 3.05) is 4.90 Å². The number of benzene rings is 8. The largest absolute Gasteiger partial charge is 0.455 e. The summed E-state index contributed by atoms with van der Waals surface area (Å²) in [6.07, 6.45) is 0. The molecule has 0 saturated carbocycles. The van der Waals surface area contributed by atoms with E-state index in [9.17, 15) is 0 Å². The van der Waals surface area contributed by atoms with Gasteiger partial charge in [0.25, 0.3) is 0 Å². The summed E-state index contributed by atoms with van der Waals surface area (Å²) in [4.78, 5) is 2.31. The molecule has 0 atom stereocenters. The molecule has 0 bridgehead atoms. The third kappa shape index (κ3) is 4.83. The molecule has 0 aliphatic heterocycles. The maximum absolute atomic E-state index is 6.51. The first-order chi connectivity index (χ1) is 23.8. The van der Waals surface area contributed by atoms with Gasteiger partial charge in [0, 0.05) is 33.6 Å². The summed E-state index contributed by atoms with van der Waals surface area (Å²) < 4.78 is 6.51. The van der Waals surface area contributed by atoms with Gasteiger partial charge in [-0.25, -0.2) is 0 Å². The minimum Gasteiger partial charge on any atom is -0.455 e. The molecule has 0 radical (unpaired) electrons. The molecule has 0 aliphatic rings. The van der Waals surface area contributed by atoms with Gasteiger partial charge in [-0.2, -0.15) is 0 Å². The predicted molar refractivity (Wildman–Crippen MR) is 202 cm³/mol. The Labute approximate surface area is 279 Å². The molecule has 9 aromatic rings. The number of nitrogens with zero attached hydrogens (tertiary/aromatic N) is 1. The topological polar surface area (TPSA) is 16.4 Å². The highest BCUT2D eigenvalue weighted by Gasteiger charge is 2.19. The van der Waals surface area contributed by atoms with Crippen LogP contribution in [0.1, 0.15) is 0 Å². The second-order valence-electron chi connectivity index (χ2n) is 12.1. The minimum absolute atomic E-state index is 0.882. The van der Waals surface area contributed by atoms with Crippen LogP contribution in [-0.2, 0) is 0 Å². The van der Waals surface area contributed by atoms with Gasteiger partial charge < -0.3 is 9.32 Å². The molecule has 8 aromatic carbocycles. The van der Waals surface area contributed by atoms with E-state index in [1.165, 1.54) is 32.7 Å². The van der Waals surface area contributed by atoms with Gasteiger partial charge in [-0.15, -0.1) is 0 Å². The Morgan fingerprint density at radius 1 is 0.354 bits per heavy atom. The van der Waals surface area contributed by atoms with Crippen LogP contribution in [0.15, 0.2) is 192 Å². The lowest BCUT2D eigenvalue weighted by atomic mass is 9.93. The number of anilines is 3. The van der Waals surface area contributed by atoms with Crippen molar-refractivity contribution in [1.82, 2.24) is 0 Å². The zero-order valence-electron chi connectivity index (χ0n) is 26.3. The number of fused-ring (bicyclic) bond motifs is 4. The molecule has 48 heavy (non-hydrogen) atoms. The normalized spacial score (nSPS) is 11.3. The summed E-state index contributed by atoms with van der Waals surface area (Å²) in [6.45, 7) is 0. The van der Waals surface area contributed by atoms with Crippen molar-refractivity contribution in [3.8, 4) is 33.6 Å². The molecule has 1 heterocycles. The predicted octanol–water partition coefficient (Wildman–Crippen LogP) is 13.2. The van der Waals surface area contributed by atoms with Gasteiger partial charge in [-0.05, 0) is 98.9 Å². The van der Waals surface area contributed by atoms with Crippen LogP contribution in [0.4, 0.5) is 17.1 Å². The van der Waals surface area contributed by atoms with Crippen LogP contribution in [0.5, 0.6) is 0 Å². The average Bonchev–Trinajstić information content (AvgIpc) is 3.56. The second kappa shape index (κ2) is 11.8. The fourth-order valence-electron chi connectivity index (χ4n) is 7.01. The van der Waals surface area contributed by atoms with Crippen LogP contribution < -0.4 is 4.90 Å². The lowest BCUT2D eigenvalue weighted by molar-refractivity contribution is 0.632. The van der Waals surface area contributed by atoms with Crippen molar-refractivity contribution in [3.63, 3.8) is 0 Å². The average molecular weight is 614 g/mol. The van der Waals surface area contributed by atoms with E-state index in [1.54, 1.807) is 0 Å². The smallest absolute Gasteiger partial charge is 0.143 e. The molecule has 0 N–H and O–H groups in total. The van der Waals surface area contributed by atoms with Crippen molar-refractivity contribution in [1.29, 1.82) is 0 Å². The SMILES string of the molecule is c1ccc(-c2c(-c3ccc(N(c4ccccc4)c4ccc(-c5cc6ccccc6c6ccccc56)cc4)cc3)oc3ccccc23)cc1. The van der Waals surface area contributed by atoms with E-state index in [0.717, 1.165) is 50.5 Å². The molecule has 0 unspecified atom stereocenters. The maximum atomic E-state index is 6.51. The standard InChI is InChI=1S/C46H31NO/c1-3-13-33(14-4-1)45-42-21-11-12-22-44(42)48-46(45)34-25-29-38(30-26-34)47(36-16-5-2-6-17-36)37-27-23-32(24-28-37)43-31-35-15-7-8-18-39(35)40-19-9-10-20-41(40)43/h1-31H. The summed E-state index contributed by atoms with van der Waals surface area (Å²) in [6, 6.07) is 66.7. The number of para-hydroxylation sites is 2.